The molecule has 0 fully saturated rings. The van der Waals surface area contributed by atoms with Crippen molar-refractivity contribution in [2.45, 2.75) is 32.1 Å². The standard InChI is InChI=1S/C13H17F2NO3/c1-6(2)7-3-8(10(5-16)13(18)19)11(17)9(4-7)12(14)15/h3-4,6,10,12,17H,5,16H2,1-2H3,(H,18,19). The van der Waals surface area contributed by atoms with Gasteiger partial charge in [0, 0.05) is 12.1 Å². The molecule has 0 bridgehead atoms. The van der Waals surface area contributed by atoms with Crippen molar-refractivity contribution in [3.8, 4) is 5.75 Å². The van der Waals surface area contributed by atoms with Crippen LogP contribution in [-0.4, -0.2) is 22.7 Å². The molecule has 106 valence electrons. The fraction of sp³-hybridized carbons (Fsp3) is 0.462. The van der Waals surface area contributed by atoms with Crippen LogP contribution < -0.4 is 5.73 Å². The summed E-state index contributed by atoms with van der Waals surface area (Å²) in [5, 5.41) is 18.8. The van der Waals surface area contributed by atoms with E-state index in [4.69, 9.17) is 10.8 Å². The first kappa shape index (κ1) is 15.4. The van der Waals surface area contributed by atoms with Gasteiger partial charge in [0.25, 0.3) is 6.43 Å². The van der Waals surface area contributed by atoms with Gasteiger partial charge >= 0.3 is 5.97 Å². The largest absolute Gasteiger partial charge is 0.507 e. The minimum Gasteiger partial charge on any atom is -0.507 e. The molecule has 0 radical (unpaired) electrons. The van der Waals surface area contributed by atoms with Gasteiger partial charge in [-0.15, -0.1) is 0 Å². The summed E-state index contributed by atoms with van der Waals surface area (Å²) in [7, 11) is 0. The molecular formula is C13H17F2NO3. The van der Waals surface area contributed by atoms with Crippen LogP contribution in [0.5, 0.6) is 5.75 Å². The number of aliphatic carboxylic acids is 1. The third kappa shape index (κ3) is 3.20. The van der Waals surface area contributed by atoms with Crippen LogP contribution in [0.25, 0.3) is 0 Å². The Bertz CT molecular complexity index is 475. The van der Waals surface area contributed by atoms with E-state index >= 15 is 0 Å². The molecule has 0 aromatic heterocycles. The van der Waals surface area contributed by atoms with Gasteiger partial charge in [-0.3, -0.25) is 4.79 Å². The van der Waals surface area contributed by atoms with Crippen molar-refractivity contribution in [1.82, 2.24) is 0 Å². The number of phenols is 1. The lowest BCUT2D eigenvalue weighted by atomic mass is 9.90. The molecule has 1 atom stereocenters. The van der Waals surface area contributed by atoms with Gasteiger partial charge in [0.15, 0.2) is 0 Å². The number of phenolic OH excluding ortho intramolecular Hbond substituents is 1. The fourth-order valence-electron chi connectivity index (χ4n) is 1.83. The van der Waals surface area contributed by atoms with Crippen molar-refractivity contribution in [3.05, 3.63) is 28.8 Å². The zero-order valence-electron chi connectivity index (χ0n) is 10.7. The molecule has 1 unspecified atom stereocenters. The molecule has 0 aliphatic heterocycles. The predicted octanol–water partition coefficient (Wildman–Crippen LogP) is 2.58. The first-order chi connectivity index (χ1) is 8.79. The number of aromatic hydroxyl groups is 1. The molecule has 6 heteroatoms. The highest BCUT2D eigenvalue weighted by Gasteiger charge is 2.26. The molecule has 1 rings (SSSR count). The van der Waals surface area contributed by atoms with Crippen molar-refractivity contribution in [2.75, 3.05) is 6.54 Å². The Morgan fingerprint density at radius 3 is 2.21 bits per heavy atom. The van der Waals surface area contributed by atoms with Crippen LogP contribution in [-0.2, 0) is 4.79 Å². The number of hydrogen-bond acceptors (Lipinski definition) is 3. The number of carboxylic acids is 1. The first-order valence-corrected chi connectivity index (χ1v) is 5.87. The fourth-order valence-corrected chi connectivity index (χ4v) is 1.83. The van der Waals surface area contributed by atoms with Crippen molar-refractivity contribution in [2.24, 2.45) is 5.73 Å². The Labute approximate surface area is 109 Å². The average molecular weight is 273 g/mol. The van der Waals surface area contributed by atoms with E-state index in [1.165, 1.54) is 12.1 Å². The van der Waals surface area contributed by atoms with Gasteiger partial charge in [0.2, 0.25) is 0 Å². The minimum absolute atomic E-state index is 0.0588. The number of carbonyl (C=O) groups is 1. The minimum atomic E-state index is -2.87. The number of rotatable bonds is 5. The number of alkyl halides is 2. The molecule has 19 heavy (non-hydrogen) atoms. The van der Waals surface area contributed by atoms with E-state index < -0.39 is 29.6 Å². The molecule has 4 N–H and O–H groups in total. The number of benzene rings is 1. The smallest absolute Gasteiger partial charge is 0.312 e. The third-order valence-electron chi connectivity index (χ3n) is 3.00. The Morgan fingerprint density at radius 1 is 1.32 bits per heavy atom. The monoisotopic (exact) mass is 273 g/mol. The maximum absolute atomic E-state index is 12.9. The SMILES string of the molecule is CC(C)c1cc(C(F)F)c(O)c(C(CN)C(=O)O)c1. The van der Waals surface area contributed by atoms with E-state index in [1.807, 2.05) is 0 Å². The van der Waals surface area contributed by atoms with Crippen molar-refractivity contribution < 1.29 is 23.8 Å². The number of halogens is 2. The van der Waals surface area contributed by atoms with E-state index in [9.17, 15) is 18.7 Å². The molecule has 0 heterocycles. The van der Waals surface area contributed by atoms with E-state index in [-0.39, 0.29) is 18.0 Å². The van der Waals surface area contributed by atoms with Crippen LogP contribution in [0.3, 0.4) is 0 Å². The quantitative estimate of drug-likeness (QED) is 0.770. The molecule has 1 aromatic carbocycles. The van der Waals surface area contributed by atoms with Crippen molar-refractivity contribution in [1.29, 1.82) is 0 Å². The van der Waals surface area contributed by atoms with E-state index in [1.54, 1.807) is 13.8 Å². The Morgan fingerprint density at radius 2 is 1.84 bits per heavy atom. The zero-order chi connectivity index (χ0) is 14.7. The summed E-state index contributed by atoms with van der Waals surface area (Å²) in [6.45, 7) is 3.32. The lowest BCUT2D eigenvalue weighted by Crippen LogP contribution is -2.21. The highest BCUT2D eigenvalue weighted by atomic mass is 19.3. The summed E-state index contributed by atoms with van der Waals surface area (Å²) in [4.78, 5) is 11.1. The molecule has 0 saturated heterocycles. The highest BCUT2D eigenvalue weighted by molar-refractivity contribution is 5.78. The van der Waals surface area contributed by atoms with Gasteiger partial charge in [-0.2, -0.15) is 0 Å². The second-order valence-corrected chi connectivity index (χ2v) is 4.63. The molecule has 0 aliphatic carbocycles. The van der Waals surface area contributed by atoms with Crippen LogP contribution >= 0.6 is 0 Å². The summed E-state index contributed by atoms with van der Waals surface area (Å²) >= 11 is 0. The number of nitrogens with two attached hydrogens (primary N) is 1. The molecule has 0 saturated carbocycles. The molecule has 0 amide bonds. The van der Waals surface area contributed by atoms with Crippen LogP contribution in [0.2, 0.25) is 0 Å². The molecule has 1 aromatic rings. The van der Waals surface area contributed by atoms with Crippen molar-refractivity contribution in [3.63, 3.8) is 0 Å². The Hall–Kier alpha value is -1.69. The summed E-state index contributed by atoms with van der Waals surface area (Å²) < 4.78 is 25.8. The van der Waals surface area contributed by atoms with Crippen LogP contribution in [0.15, 0.2) is 12.1 Å². The predicted molar refractivity (Wildman–Crippen MR) is 66.6 cm³/mol. The van der Waals surface area contributed by atoms with Crippen LogP contribution in [0.4, 0.5) is 8.78 Å². The van der Waals surface area contributed by atoms with Gasteiger partial charge in [-0.1, -0.05) is 19.9 Å². The highest BCUT2D eigenvalue weighted by Crippen LogP contribution is 2.37. The maximum Gasteiger partial charge on any atom is 0.312 e. The van der Waals surface area contributed by atoms with Crippen LogP contribution in [0, 0.1) is 0 Å². The van der Waals surface area contributed by atoms with E-state index in [0.717, 1.165) is 0 Å². The average Bonchev–Trinajstić information content (AvgIpc) is 2.30. The zero-order valence-corrected chi connectivity index (χ0v) is 10.7. The van der Waals surface area contributed by atoms with Gasteiger partial charge in [0.1, 0.15) is 5.75 Å². The lowest BCUT2D eigenvalue weighted by Gasteiger charge is -2.18. The summed E-state index contributed by atoms with van der Waals surface area (Å²) in [6, 6.07) is 2.63. The molecule has 4 nitrogen and oxygen atoms in total. The Balaban J connectivity index is 3.48. The lowest BCUT2D eigenvalue weighted by molar-refractivity contribution is -0.138. The van der Waals surface area contributed by atoms with Gasteiger partial charge in [-0.25, -0.2) is 8.78 Å². The van der Waals surface area contributed by atoms with E-state index in [2.05, 4.69) is 0 Å². The second kappa shape index (κ2) is 5.97. The topological polar surface area (TPSA) is 83.5 Å². The second-order valence-electron chi connectivity index (χ2n) is 4.63. The summed E-state index contributed by atoms with van der Waals surface area (Å²) in [5.41, 5.74) is 5.28. The summed E-state index contributed by atoms with van der Waals surface area (Å²) in [5.74, 6) is -3.20. The number of carboxylic acid groups (broad SMARTS) is 1. The summed E-state index contributed by atoms with van der Waals surface area (Å²) in [6.07, 6.45) is -2.87. The van der Waals surface area contributed by atoms with Gasteiger partial charge < -0.3 is 15.9 Å². The van der Waals surface area contributed by atoms with Gasteiger partial charge in [0.05, 0.1) is 11.5 Å². The first-order valence-electron chi connectivity index (χ1n) is 5.87. The van der Waals surface area contributed by atoms with Gasteiger partial charge in [-0.05, 0) is 17.5 Å². The van der Waals surface area contributed by atoms with E-state index in [0.29, 0.717) is 5.56 Å². The Kier molecular flexibility index (Phi) is 4.83. The number of hydrogen-bond donors (Lipinski definition) is 3. The maximum atomic E-state index is 12.9. The third-order valence-corrected chi connectivity index (χ3v) is 3.00. The molecule has 0 spiro atoms. The van der Waals surface area contributed by atoms with Crippen LogP contribution in [0.1, 0.15) is 48.8 Å². The normalized spacial score (nSPS) is 13.0. The molecule has 0 aliphatic rings. The molecular weight excluding hydrogens is 256 g/mol. The van der Waals surface area contributed by atoms with Crippen molar-refractivity contribution >= 4 is 5.97 Å².